The normalized spacial score (nSPS) is 13.2. The SMILES string of the molecule is CCC(O)CN(CC)CCC(=O)O. The summed E-state index contributed by atoms with van der Waals surface area (Å²) in [6.45, 7) is 5.74. The number of carbonyl (C=O) groups is 1. The zero-order valence-corrected chi connectivity index (χ0v) is 8.36. The molecule has 0 aromatic heterocycles. The molecule has 0 fully saturated rings. The maximum Gasteiger partial charge on any atom is 0.304 e. The quantitative estimate of drug-likeness (QED) is 0.614. The van der Waals surface area contributed by atoms with Gasteiger partial charge in [-0.3, -0.25) is 4.79 Å². The molecule has 0 aromatic carbocycles. The third-order valence-corrected chi connectivity index (χ3v) is 2.03. The number of aliphatic hydroxyl groups is 1. The fourth-order valence-electron chi connectivity index (χ4n) is 1.06. The third-order valence-electron chi connectivity index (χ3n) is 2.03. The van der Waals surface area contributed by atoms with Gasteiger partial charge in [-0.2, -0.15) is 0 Å². The minimum absolute atomic E-state index is 0.143. The Labute approximate surface area is 79.2 Å². The molecule has 0 bridgehead atoms. The Morgan fingerprint density at radius 3 is 2.46 bits per heavy atom. The number of aliphatic carboxylic acids is 1. The van der Waals surface area contributed by atoms with Gasteiger partial charge in [0.25, 0.3) is 0 Å². The summed E-state index contributed by atoms with van der Waals surface area (Å²) in [5.74, 6) is -0.788. The summed E-state index contributed by atoms with van der Waals surface area (Å²) in [6, 6.07) is 0. The number of hydrogen-bond donors (Lipinski definition) is 2. The first-order valence-electron chi connectivity index (χ1n) is 4.72. The molecule has 0 aromatic rings. The highest BCUT2D eigenvalue weighted by atomic mass is 16.4. The van der Waals surface area contributed by atoms with Crippen molar-refractivity contribution in [3.8, 4) is 0 Å². The van der Waals surface area contributed by atoms with E-state index in [1.54, 1.807) is 0 Å². The average molecular weight is 189 g/mol. The molecule has 13 heavy (non-hydrogen) atoms. The van der Waals surface area contributed by atoms with Crippen LogP contribution in [-0.2, 0) is 4.79 Å². The van der Waals surface area contributed by atoms with Crippen LogP contribution in [0, 0.1) is 0 Å². The average Bonchev–Trinajstić information content (AvgIpc) is 2.11. The summed E-state index contributed by atoms with van der Waals surface area (Å²) in [7, 11) is 0. The molecule has 1 unspecified atom stereocenters. The molecular weight excluding hydrogens is 170 g/mol. The zero-order valence-electron chi connectivity index (χ0n) is 8.36. The van der Waals surface area contributed by atoms with E-state index in [1.807, 2.05) is 18.7 Å². The van der Waals surface area contributed by atoms with Crippen LogP contribution < -0.4 is 0 Å². The lowest BCUT2D eigenvalue weighted by Gasteiger charge is -2.21. The first kappa shape index (κ1) is 12.4. The lowest BCUT2D eigenvalue weighted by atomic mass is 10.2. The molecule has 0 heterocycles. The Hall–Kier alpha value is -0.610. The summed E-state index contributed by atoms with van der Waals surface area (Å²) < 4.78 is 0. The summed E-state index contributed by atoms with van der Waals surface area (Å²) >= 11 is 0. The zero-order chi connectivity index (χ0) is 10.3. The molecule has 0 spiro atoms. The molecule has 2 N–H and O–H groups in total. The standard InChI is InChI=1S/C9H19NO3/c1-3-8(11)7-10(4-2)6-5-9(12)13/h8,11H,3-7H2,1-2H3,(H,12,13). The van der Waals surface area contributed by atoms with Gasteiger partial charge < -0.3 is 15.1 Å². The molecule has 0 rings (SSSR count). The van der Waals surface area contributed by atoms with Gasteiger partial charge in [-0.05, 0) is 13.0 Å². The second-order valence-corrected chi connectivity index (χ2v) is 3.10. The van der Waals surface area contributed by atoms with Crippen LogP contribution in [0.15, 0.2) is 0 Å². The molecule has 0 saturated carbocycles. The molecular formula is C9H19NO3. The van der Waals surface area contributed by atoms with Crippen molar-refractivity contribution in [3.05, 3.63) is 0 Å². The maximum absolute atomic E-state index is 10.3. The third kappa shape index (κ3) is 6.54. The summed E-state index contributed by atoms with van der Waals surface area (Å²) in [5, 5.41) is 17.8. The molecule has 0 aliphatic heterocycles. The van der Waals surface area contributed by atoms with E-state index in [0.717, 1.165) is 6.54 Å². The van der Waals surface area contributed by atoms with Crippen LogP contribution in [0.2, 0.25) is 0 Å². The second-order valence-electron chi connectivity index (χ2n) is 3.10. The van der Waals surface area contributed by atoms with Crippen molar-refractivity contribution in [1.82, 2.24) is 4.90 Å². The summed E-state index contributed by atoms with van der Waals surface area (Å²) in [5.41, 5.74) is 0. The van der Waals surface area contributed by atoms with E-state index in [4.69, 9.17) is 5.11 Å². The molecule has 1 atom stereocenters. The number of likely N-dealkylation sites (N-methyl/N-ethyl adjacent to an activating group) is 1. The van der Waals surface area contributed by atoms with Crippen molar-refractivity contribution in [3.63, 3.8) is 0 Å². The van der Waals surface area contributed by atoms with Gasteiger partial charge in [0, 0.05) is 13.1 Å². The summed E-state index contributed by atoms with van der Waals surface area (Å²) in [4.78, 5) is 12.2. The van der Waals surface area contributed by atoms with Crippen molar-refractivity contribution < 1.29 is 15.0 Å². The van der Waals surface area contributed by atoms with E-state index in [-0.39, 0.29) is 12.5 Å². The van der Waals surface area contributed by atoms with E-state index >= 15 is 0 Å². The van der Waals surface area contributed by atoms with Crippen molar-refractivity contribution in [2.24, 2.45) is 0 Å². The van der Waals surface area contributed by atoms with E-state index in [2.05, 4.69) is 0 Å². The van der Waals surface area contributed by atoms with Crippen LogP contribution in [0.3, 0.4) is 0 Å². The topological polar surface area (TPSA) is 60.8 Å². The molecule has 78 valence electrons. The molecule has 4 nitrogen and oxygen atoms in total. The predicted molar refractivity (Wildman–Crippen MR) is 50.7 cm³/mol. The highest BCUT2D eigenvalue weighted by molar-refractivity contribution is 5.66. The predicted octanol–water partition coefficient (Wildman–Crippen LogP) is 0.554. The molecule has 0 aliphatic rings. The van der Waals surface area contributed by atoms with Gasteiger partial charge in [0.2, 0.25) is 0 Å². The number of rotatable bonds is 7. The van der Waals surface area contributed by atoms with Gasteiger partial charge >= 0.3 is 5.97 Å². The fourth-order valence-corrected chi connectivity index (χ4v) is 1.06. The van der Waals surface area contributed by atoms with Crippen molar-refractivity contribution in [2.75, 3.05) is 19.6 Å². The number of nitrogens with zero attached hydrogens (tertiary/aromatic N) is 1. The lowest BCUT2D eigenvalue weighted by molar-refractivity contribution is -0.137. The molecule has 0 aliphatic carbocycles. The largest absolute Gasteiger partial charge is 0.481 e. The van der Waals surface area contributed by atoms with Gasteiger partial charge in [0.15, 0.2) is 0 Å². The smallest absolute Gasteiger partial charge is 0.304 e. The molecule has 0 saturated heterocycles. The van der Waals surface area contributed by atoms with Gasteiger partial charge in [-0.1, -0.05) is 13.8 Å². The Balaban J connectivity index is 3.68. The van der Waals surface area contributed by atoms with Crippen LogP contribution in [-0.4, -0.2) is 46.8 Å². The minimum Gasteiger partial charge on any atom is -0.481 e. The number of carboxylic acids is 1. The van der Waals surface area contributed by atoms with E-state index in [1.165, 1.54) is 0 Å². The molecule has 0 amide bonds. The van der Waals surface area contributed by atoms with E-state index in [0.29, 0.717) is 19.5 Å². The first-order chi connectivity index (χ1) is 6.10. The van der Waals surface area contributed by atoms with Gasteiger partial charge in [0.05, 0.1) is 12.5 Å². The van der Waals surface area contributed by atoms with E-state index < -0.39 is 5.97 Å². The highest BCUT2D eigenvalue weighted by Crippen LogP contribution is 1.97. The number of hydrogen-bond acceptors (Lipinski definition) is 3. The number of carboxylic acid groups (broad SMARTS) is 1. The Morgan fingerprint density at radius 1 is 1.46 bits per heavy atom. The van der Waals surface area contributed by atoms with Crippen LogP contribution in [0.4, 0.5) is 0 Å². The van der Waals surface area contributed by atoms with Crippen LogP contribution >= 0.6 is 0 Å². The van der Waals surface area contributed by atoms with Crippen molar-refractivity contribution >= 4 is 5.97 Å². The maximum atomic E-state index is 10.3. The Bertz CT molecular complexity index is 150. The van der Waals surface area contributed by atoms with E-state index in [9.17, 15) is 9.90 Å². The van der Waals surface area contributed by atoms with Crippen LogP contribution in [0.25, 0.3) is 0 Å². The Kier molecular flexibility index (Phi) is 6.54. The molecule has 0 radical (unpaired) electrons. The van der Waals surface area contributed by atoms with Gasteiger partial charge in [-0.15, -0.1) is 0 Å². The van der Waals surface area contributed by atoms with Crippen molar-refractivity contribution in [2.45, 2.75) is 32.8 Å². The number of aliphatic hydroxyl groups excluding tert-OH is 1. The van der Waals surface area contributed by atoms with Crippen LogP contribution in [0.5, 0.6) is 0 Å². The Morgan fingerprint density at radius 2 is 2.08 bits per heavy atom. The summed E-state index contributed by atoms with van der Waals surface area (Å²) in [6.07, 6.45) is 0.516. The second kappa shape index (κ2) is 6.86. The van der Waals surface area contributed by atoms with Gasteiger partial charge in [0.1, 0.15) is 0 Å². The minimum atomic E-state index is -0.788. The molecule has 4 heteroatoms. The monoisotopic (exact) mass is 189 g/mol. The van der Waals surface area contributed by atoms with Crippen LogP contribution in [0.1, 0.15) is 26.7 Å². The fraction of sp³-hybridized carbons (Fsp3) is 0.889. The highest BCUT2D eigenvalue weighted by Gasteiger charge is 2.09. The first-order valence-corrected chi connectivity index (χ1v) is 4.72. The van der Waals surface area contributed by atoms with Gasteiger partial charge in [-0.25, -0.2) is 0 Å². The lowest BCUT2D eigenvalue weighted by Crippen LogP contribution is -2.33. The van der Waals surface area contributed by atoms with Crippen molar-refractivity contribution in [1.29, 1.82) is 0 Å².